The molecule has 0 spiro atoms. The van der Waals surface area contributed by atoms with E-state index in [4.69, 9.17) is 0 Å². The standard InChI is InChI=1S/C21H44O4S.Na/c1-3-16-20(22)18-14-12-10-8-6-5-7-9-11-13-15-19-21(17-4-2)26(23,24)25;/h20-22H,3-19H2,1-2H3,(H,23,24,25);/q;+1/p-1. The molecule has 4 nitrogen and oxygen atoms in total. The van der Waals surface area contributed by atoms with E-state index in [1.165, 1.54) is 44.9 Å². The fourth-order valence-electron chi connectivity index (χ4n) is 3.58. The molecule has 1 N–H and O–H groups in total. The molecule has 2 atom stereocenters. The van der Waals surface area contributed by atoms with Crippen molar-refractivity contribution >= 4 is 10.1 Å². The van der Waals surface area contributed by atoms with Crippen molar-refractivity contribution in [3.05, 3.63) is 0 Å². The van der Waals surface area contributed by atoms with Gasteiger partial charge in [0, 0.05) is 5.25 Å². The summed E-state index contributed by atoms with van der Waals surface area (Å²) in [6, 6.07) is 0. The van der Waals surface area contributed by atoms with Crippen LogP contribution in [0.1, 0.15) is 123 Å². The van der Waals surface area contributed by atoms with Crippen LogP contribution in [0.15, 0.2) is 0 Å². The minimum Gasteiger partial charge on any atom is -0.748 e. The quantitative estimate of drug-likeness (QED) is 0.200. The Bertz CT molecular complexity index is 401. The molecule has 0 saturated heterocycles. The molecular formula is C21H43NaO4S. The van der Waals surface area contributed by atoms with Crippen molar-refractivity contribution in [1.82, 2.24) is 0 Å². The number of unbranched alkanes of at least 4 members (excludes halogenated alkanes) is 10. The van der Waals surface area contributed by atoms with E-state index in [0.29, 0.717) is 12.8 Å². The van der Waals surface area contributed by atoms with Crippen molar-refractivity contribution < 1.29 is 47.6 Å². The third-order valence-electron chi connectivity index (χ3n) is 5.20. The average Bonchev–Trinajstić information content (AvgIpc) is 2.57. The van der Waals surface area contributed by atoms with Gasteiger partial charge in [-0.2, -0.15) is 0 Å². The second kappa shape index (κ2) is 20.2. The topological polar surface area (TPSA) is 77.4 Å². The predicted octanol–water partition coefficient (Wildman–Crippen LogP) is 2.94. The molecule has 0 aliphatic heterocycles. The molecule has 158 valence electrons. The molecule has 0 heterocycles. The van der Waals surface area contributed by atoms with Crippen LogP contribution in [0.2, 0.25) is 0 Å². The molecule has 0 aromatic rings. The zero-order valence-electron chi connectivity index (χ0n) is 18.3. The van der Waals surface area contributed by atoms with Crippen LogP contribution in [0.25, 0.3) is 0 Å². The number of hydrogen-bond donors (Lipinski definition) is 1. The van der Waals surface area contributed by atoms with E-state index in [-0.39, 0.29) is 35.7 Å². The smallest absolute Gasteiger partial charge is 0.748 e. The largest absolute Gasteiger partial charge is 1.00 e. The Morgan fingerprint density at radius 3 is 1.41 bits per heavy atom. The minimum absolute atomic E-state index is 0. The number of aliphatic hydroxyl groups excluding tert-OH is 1. The zero-order valence-corrected chi connectivity index (χ0v) is 21.1. The number of hydrogen-bond acceptors (Lipinski definition) is 4. The minimum atomic E-state index is -4.11. The molecule has 0 amide bonds. The molecule has 0 saturated carbocycles. The average molecular weight is 415 g/mol. The summed E-state index contributed by atoms with van der Waals surface area (Å²) in [5, 5.41) is 8.99. The third-order valence-corrected chi connectivity index (χ3v) is 6.49. The van der Waals surface area contributed by atoms with E-state index in [9.17, 15) is 18.1 Å². The van der Waals surface area contributed by atoms with Gasteiger partial charge >= 0.3 is 29.6 Å². The molecule has 2 unspecified atom stereocenters. The molecule has 0 aromatic heterocycles. The summed E-state index contributed by atoms with van der Waals surface area (Å²) in [6.45, 7) is 4.04. The van der Waals surface area contributed by atoms with Crippen molar-refractivity contribution in [1.29, 1.82) is 0 Å². The first-order valence-corrected chi connectivity index (χ1v) is 12.5. The van der Waals surface area contributed by atoms with E-state index in [2.05, 4.69) is 6.92 Å². The van der Waals surface area contributed by atoms with Gasteiger partial charge in [0.2, 0.25) is 0 Å². The van der Waals surface area contributed by atoms with Crippen LogP contribution in [0.5, 0.6) is 0 Å². The van der Waals surface area contributed by atoms with Crippen LogP contribution >= 0.6 is 0 Å². The Hall–Kier alpha value is 0.870. The van der Waals surface area contributed by atoms with Crippen molar-refractivity contribution in [2.24, 2.45) is 0 Å². The Morgan fingerprint density at radius 2 is 1.04 bits per heavy atom. The maximum atomic E-state index is 11.1. The third kappa shape index (κ3) is 19.9. The zero-order chi connectivity index (χ0) is 19.7. The molecule has 0 aliphatic carbocycles. The van der Waals surface area contributed by atoms with Crippen molar-refractivity contribution in [3.63, 3.8) is 0 Å². The first-order chi connectivity index (χ1) is 12.4. The van der Waals surface area contributed by atoms with E-state index in [1.54, 1.807) is 0 Å². The Labute approximate surface area is 191 Å². The summed E-state index contributed by atoms with van der Waals surface area (Å²) in [7, 11) is -4.11. The fourth-order valence-corrected chi connectivity index (χ4v) is 4.56. The predicted molar refractivity (Wildman–Crippen MR) is 109 cm³/mol. The van der Waals surface area contributed by atoms with Gasteiger partial charge in [0.05, 0.1) is 16.2 Å². The van der Waals surface area contributed by atoms with Crippen LogP contribution in [-0.2, 0) is 10.1 Å². The maximum Gasteiger partial charge on any atom is 1.00 e. The summed E-state index contributed by atoms with van der Waals surface area (Å²) in [4.78, 5) is 0. The van der Waals surface area contributed by atoms with Gasteiger partial charge in [-0.1, -0.05) is 97.3 Å². The Balaban J connectivity index is 0. The van der Waals surface area contributed by atoms with Crippen LogP contribution in [0.3, 0.4) is 0 Å². The van der Waals surface area contributed by atoms with Crippen LogP contribution < -0.4 is 29.6 Å². The first kappa shape index (κ1) is 30.1. The van der Waals surface area contributed by atoms with Crippen molar-refractivity contribution in [2.45, 2.75) is 134 Å². The molecule has 0 aliphatic rings. The monoisotopic (exact) mass is 414 g/mol. The SMILES string of the molecule is CCCC(O)CCCCCCCCCCCCCC(CCC)S(=O)(=O)[O-].[Na+]. The Kier molecular flexibility index (Phi) is 22.4. The van der Waals surface area contributed by atoms with Gasteiger partial charge in [0.1, 0.15) is 0 Å². The second-order valence-electron chi connectivity index (χ2n) is 7.81. The number of rotatable bonds is 19. The van der Waals surface area contributed by atoms with E-state index in [0.717, 1.165) is 51.4 Å². The van der Waals surface area contributed by atoms with E-state index < -0.39 is 15.4 Å². The van der Waals surface area contributed by atoms with Gasteiger partial charge in [0.15, 0.2) is 0 Å². The molecular weight excluding hydrogens is 371 g/mol. The molecule has 0 aromatic carbocycles. The summed E-state index contributed by atoms with van der Waals surface area (Å²) >= 11 is 0. The molecule has 0 bridgehead atoms. The fraction of sp³-hybridized carbons (Fsp3) is 1.00. The molecule has 27 heavy (non-hydrogen) atoms. The van der Waals surface area contributed by atoms with Crippen molar-refractivity contribution in [3.8, 4) is 0 Å². The van der Waals surface area contributed by atoms with Gasteiger partial charge in [-0.15, -0.1) is 0 Å². The normalized spacial score (nSPS) is 13.9. The van der Waals surface area contributed by atoms with Gasteiger partial charge in [0.25, 0.3) is 0 Å². The summed E-state index contributed by atoms with van der Waals surface area (Å²) in [5.41, 5.74) is 0. The van der Waals surface area contributed by atoms with Crippen LogP contribution in [0.4, 0.5) is 0 Å². The maximum absolute atomic E-state index is 11.1. The van der Waals surface area contributed by atoms with Crippen LogP contribution in [0, 0.1) is 0 Å². The molecule has 0 fully saturated rings. The first-order valence-electron chi connectivity index (χ1n) is 11.0. The summed E-state index contributed by atoms with van der Waals surface area (Å²) in [5.74, 6) is 0. The molecule has 0 rings (SSSR count). The molecule has 0 radical (unpaired) electrons. The van der Waals surface area contributed by atoms with Crippen LogP contribution in [-0.4, -0.2) is 29.4 Å². The Morgan fingerprint density at radius 1 is 0.667 bits per heavy atom. The second-order valence-corrected chi connectivity index (χ2v) is 9.46. The van der Waals surface area contributed by atoms with E-state index in [1.807, 2.05) is 6.92 Å². The number of aliphatic hydroxyl groups is 1. The summed E-state index contributed by atoms with van der Waals surface area (Å²) < 4.78 is 33.4. The molecule has 6 heteroatoms. The van der Waals surface area contributed by atoms with E-state index >= 15 is 0 Å². The summed E-state index contributed by atoms with van der Waals surface area (Å²) in [6.07, 6.45) is 17.7. The van der Waals surface area contributed by atoms with Gasteiger partial charge < -0.3 is 9.66 Å². The van der Waals surface area contributed by atoms with Gasteiger partial charge in [-0.25, -0.2) is 8.42 Å². The van der Waals surface area contributed by atoms with Gasteiger partial charge in [-0.3, -0.25) is 0 Å². The van der Waals surface area contributed by atoms with Crippen molar-refractivity contribution in [2.75, 3.05) is 0 Å². The van der Waals surface area contributed by atoms with Gasteiger partial charge in [-0.05, 0) is 25.7 Å².